The van der Waals surface area contributed by atoms with Gasteiger partial charge < -0.3 is 18.9 Å². The lowest BCUT2D eigenvalue weighted by Crippen LogP contribution is -2.08. The molecular weight excluding hydrogens is 659 g/mol. The van der Waals surface area contributed by atoms with Crippen LogP contribution in [0.1, 0.15) is 55.4 Å². The number of H-pyrrole nitrogens is 1. The van der Waals surface area contributed by atoms with Crippen molar-refractivity contribution >= 4 is 41.3 Å². The molecule has 2 aromatic carbocycles. The van der Waals surface area contributed by atoms with Gasteiger partial charge in [0.1, 0.15) is 24.2 Å². The molecule has 0 saturated carbocycles. The smallest absolute Gasteiger partial charge is 0.384 e. The molecule has 0 radical (unpaired) electrons. The first-order valence-electron chi connectivity index (χ1n) is 14.9. The van der Waals surface area contributed by atoms with Crippen LogP contribution >= 0.6 is 23.2 Å². The molecule has 14 heteroatoms. The van der Waals surface area contributed by atoms with Crippen LogP contribution in [-0.2, 0) is 19.1 Å². The van der Waals surface area contributed by atoms with Crippen LogP contribution in [0.5, 0.6) is 11.5 Å². The van der Waals surface area contributed by atoms with Gasteiger partial charge in [-0.1, -0.05) is 23.2 Å². The van der Waals surface area contributed by atoms with Gasteiger partial charge in [0.25, 0.3) is 0 Å². The van der Waals surface area contributed by atoms with Gasteiger partial charge in [-0.05, 0) is 91.8 Å². The molecule has 1 N–H and O–H groups in total. The van der Waals surface area contributed by atoms with E-state index in [2.05, 4.69) is 30.0 Å². The van der Waals surface area contributed by atoms with Crippen LogP contribution in [0.25, 0.3) is 29.0 Å². The molecule has 0 bridgehead atoms. The first-order chi connectivity index (χ1) is 22.6. The first kappa shape index (κ1) is 39.3. The standard InChI is InChI=1S/C17H20ClN3O3.C11H12ClN3O.C6H8O2/c1-11(2)23-15-8-13(7-14(18)9-15)17-19-10-21(20-17)6-5-16(22)24-12(3)4;1-7(2)16-10-4-8(3-9(12)5-10)11-13-6-14-15-11;1-4-6(7)8-5(2)3/h5-12H,1-4H3;3-7H,1-2H3,(H,13,14,15);1,5H,2-3H3/b6-5-;;. The van der Waals surface area contributed by atoms with Crippen molar-refractivity contribution in [2.24, 2.45) is 0 Å². The van der Waals surface area contributed by atoms with Crippen LogP contribution in [0.3, 0.4) is 0 Å². The Morgan fingerprint density at radius 3 is 1.85 bits per heavy atom. The van der Waals surface area contributed by atoms with Gasteiger partial charge in [-0.2, -0.15) is 5.10 Å². The van der Waals surface area contributed by atoms with Gasteiger partial charge >= 0.3 is 11.9 Å². The van der Waals surface area contributed by atoms with Gasteiger partial charge in [0, 0.05) is 39.4 Å². The van der Waals surface area contributed by atoms with Crippen LogP contribution < -0.4 is 9.47 Å². The number of benzene rings is 2. The molecule has 2 aromatic heterocycles. The lowest BCUT2D eigenvalue weighted by Gasteiger charge is -2.10. The highest BCUT2D eigenvalue weighted by molar-refractivity contribution is 6.31. The van der Waals surface area contributed by atoms with Gasteiger partial charge in [0.2, 0.25) is 0 Å². The number of nitrogens with zero attached hydrogens (tertiary/aromatic N) is 5. The summed E-state index contributed by atoms with van der Waals surface area (Å²) in [6.45, 7) is 14.9. The lowest BCUT2D eigenvalue weighted by atomic mass is 10.2. The summed E-state index contributed by atoms with van der Waals surface area (Å²) in [5.74, 6) is 3.34. The minimum atomic E-state index is -0.597. The zero-order valence-corrected chi connectivity index (χ0v) is 29.6. The van der Waals surface area contributed by atoms with Crippen molar-refractivity contribution in [3.05, 3.63) is 65.2 Å². The fourth-order valence-electron chi connectivity index (χ4n) is 3.55. The highest BCUT2D eigenvalue weighted by atomic mass is 35.5. The number of carbonyl (C=O) groups is 2. The molecule has 0 atom stereocenters. The van der Waals surface area contributed by atoms with Crippen molar-refractivity contribution in [2.75, 3.05) is 0 Å². The van der Waals surface area contributed by atoms with E-state index in [1.54, 1.807) is 45.9 Å². The second-order valence-corrected chi connectivity index (χ2v) is 11.8. The van der Waals surface area contributed by atoms with E-state index in [1.807, 2.05) is 51.8 Å². The SMILES string of the molecule is C#CC(=O)OC(C)C.CC(C)OC(=O)/C=C\n1cnc(-c2cc(Cl)cc(OC(C)C)c2)n1.CC(C)Oc1cc(Cl)cc(-c2ncn[nH]2)c1. The van der Waals surface area contributed by atoms with Gasteiger partial charge in [0.05, 0.1) is 24.4 Å². The number of nitrogens with one attached hydrogen (secondary N) is 1. The van der Waals surface area contributed by atoms with Crippen molar-refractivity contribution in [2.45, 2.75) is 79.8 Å². The molecule has 0 aliphatic rings. The fraction of sp³-hybridized carbons (Fsp3) is 0.353. The molecule has 0 aliphatic carbocycles. The monoisotopic (exact) mass is 698 g/mol. The summed E-state index contributed by atoms with van der Waals surface area (Å²) in [6.07, 6.45) is 10.3. The topological polar surface area (TPSA) is 143 Å². The van der Waals surface area contributed by atoms with Crippen LogP contribution in [0, 0.1) is 12.3 Å². The third-order valence-corrected chi connectivity index (χ3v) is 5.55. The van der Waals surface area contributed by atoms with E-state index in [0.717, 1.165) is 16.9 Å². The maximum Gasteiger partial charge on any atom is 0.384 e. The Kier molecular flexibility index (Phi) is 16.2. The predicted octanol–water partition coefficient (Wildman–Crippen LogP) is 7.29. The third-order valence-electron chi connectivity index (χ3n) is 5.12. The summed E-state index contributed by atoms with van der Waals surface area (Å²) in [7, 11) is 0. The van der Waals surface area contributed by atoms with Gasteiger partial charge in [-0.3, -0.25) is 5.10 Å². The highest BCUT2D eigenvalue weighted by Crippen LogP contribution is 2.28. The Morgan fingerprint density at radius 1 is 0.812 bits per heavy atom. The minimum Gasteiger partial charge on any atom is -0.491 e. The number of esters is 2. The predicted molar refractivity (Wildman–Crippen MR) is 185 cm³/mol. The Hall–Kier alpha value is -4.86. The number of aromatic nitrogens is 6. The molecule has 48 heavy (non-hydrogen) atoms. The van der Waals surface area contributed by atoms with Crippen molar-refractivity contribution < 1.29 is 28.5 Å². The zero-order valence-electron chi connectivity index (χ0n) is 28.1. The van der Waals surface area contributed by atoms with Crippen molar-refractivity contribution in [3.63, 3.8) is 0 Å². The minimum absolute atomic E-state index is 0.0386. The molecule has 4 aromatic rings. The molecule has 4 rings (SSSR count). The van der Waals surface area contributed by atoms with E-state index in [0.29, 0.717) is 27.4 Å². The Morgan fingerprint density at radius 2 is 1.38 bits per heavy atom. The number of hydrogen-bond acceptors (Lipinski definition) is 10. The zero-order chi connectivity index (χ0) is 35.8. The van der Waals surface area contributed by atoms with Gasteiger partial charge in [0.15, 0.2) is 11.6 Å². The van der Waals surface area contributed by atoms with Crippen LogP contribution in [0.4, 0.5) is 0 Å². The van der Waals surface area contributed by atoms with Crippen molar-refractivity contribution in [1.82, 2.24) is 29.9 Å². The van der Waals surface area contributed by atoms with E-state index in [-0.39, 0.29) is 24.4 Å². The number of rotatable bonds is 10. The normalized spacial score (nSPS) is 10.7. The molecule has 0 unspecified atom stereocenters. The van der Waals surface area contributed by atoms with Crippen LogP contribution in [0.15, 0.2) is 55.1 Å². The molecule has 0 amide bonds. The number of terminal acetylenes is 1. The van der Waals surface area contributed by atoms with Crippen molar-refractivity contribution in [1.29, 1.82) is 0 Å². The summed E-state index contributed by atoms with van der Waals surface area (Å²) in [5, 5.41) is 12.0. The summed E-state index contributed by atoms with van der Waals surface area (Å²) in [5.41, 5.74) is 1.59. The molecule has 0 saturated heterocycles. The average Bonchev–Trinajstić information content (AvgIpc) is 3.68. The number of halogens is 2. The summed E-state index contributed by atoms with van der Waals surface area (Å²) in [6, 6.07) is 10.8. The molecular formula is C34H40Cl2N6O6. The lowest BCUT2D eigenvalue weighted by molar-refractivity contribution is -0.141. The summed E-state index contributed by atoms with van der Waals surface area (Å²) >= 11 is 12.1. The van der Waals surface area contributed by atoms with Crippen LogP contribution in [-0.4, -0.2) is 66.3 Å². The fourth-order valence-corrected chi connectivity index (χ4v) is 4.00. The molecule has 2 heterocycles. The quantitative estimate of drug-likeness (QED) is 0.0776. The summed E-state index contributed by atoms with van der Waals surface area (Å²) in [4.78, 5) is 29.9. The van der Waals surface area contributed by atoms with Gasteiger partial charge in [-0.15, -0.1) is 11.5 Å². The third kappa shape index (κ3) is 15.2. The largest absolute Gasteiger partial charge is 0.491 e. The number of ether oxygens (including phenoxy) is 4. The Labute approximate surface area is 290 Å². The van der Waals surface area contributed by atoms with E-state index in [9.17, 15) is 9.59 Å². The summed E-state index contributed by atoms with van der Waals surface area (Å²) < 4.78 is 22.2. The van der Waals surface area contributed by atoms with Crippen LogP contribution in [0.2, 0.25) is 10.0 Å². The average molecular weight is 700 g/mol. The van der Waals surface area contributed by atoms with E-state index < -0.39 is 11.9 Å². The van der Waals surface area contributed by atoms with E-state index in [4.69, 9.17) is 43.8 Å². The van der Waals surface area contributed by atoms with E-state index >= 15 is 0 Å². The molecule has 0 fully saturated rings. The maximum absolute atomic E-state index is 11.5. The molecule has 256 valence electrons. The van der Waals surface area contributed by atoms with E-state index in [1.165, 1.54) is 29.6 Å². The maximum atomic E-state index is 11.5. The molecule has 0 aliphatic heterocycles. The van der Waals surface area contributed by atoms with Gasteiger partial charge in [-0.25, -0.2) is 24.2 Å². The molecule has 0 spiro atoms. The number of carbonyl (C=O) groups excluding carboxylic acids is 2. The Balaban J connectivity index is 0.000000285. The highest BCUT2D eigenvalue weighted by Gasteiger charge is 2.10. The second kappa shape index (κ2) is 19.7. The van der Waals surface area contributed by atoms with Crippen molar-refractivity contribution in [3.8, 4) is 46.6 Å². The first-order valence-corrected chi connectivity index (χ1v) is 15.7. The Bertz CT molecular complexity index is 1680. The number of hydrogen-bond donors (Lipinski definition) is 1. The number of aromatic amines is 1. The second-order valence-electron chi connectivity index (χ2n) is 11.0. The molecule has 12 nitrogen and oxygen atoms in total.